The molecule has 2 nitrogen and oxygen atoms in total. The first-order valence-corrected chi connectivity index (χ1v) is 6.95. The van der Waals surface area contributed by atoms with Crippen LogP contribution in [0.25, 0.3) is 0 Å². The van der Waals surface area contributed by atoms with Crippen molar-refractivity contribution in [2.45, 2.75) is 64.7 Å². The maximum Gasteiger partial charge on any atom is 0.138 e. The Labute approximate surface area is 106 Å². The van der Waals surface area contributed by atoms with Gasteiger partial charge in [-0.05, 0) is 44.3 Å². The van der Waals surface area contributed by atoms with Crippen LogP contribution >= 0.6 is 0 Å². The zero-order chi connectivity index (χ0) is 12.6. The summed E-state index contributed by atoms with van der Waals surface area (Å²) in [6.07, 6.45) is 17.0. The van der Waals surface area contributed by atoms with Gasteiger partial charge in [-0.15, -0.1) is 0 Å². The molecule has 17 heavy (non-hydrogen) atoms. The third-order valence-corrected chi connectivity index (χ3v) is 2.65. The van der Waals surface area contributed by atoms with Crippen LogP contribution in [0.15, 0.2) is 24.7 Å². The molecule has 0 aliphatic rings. The average Bonchev–Trinajstić information content (AvgIpc) is 2.35. The molecule has 0 N–H and O–H groups in total. The van der Waals surface area contributed by atoms with Crippen molar-refractivity contribution in [3.63, 3.8) is 0 Å². The van der Waals surface area contributed by atoms with Crippen molar-refractivity contribution < 1.29 is 9.84 Å². The fourth-order valence-electron chi connectivity index (χ4n) is 1.59. The molecular formula is C15H27O2. The van der Waals surface area contributed by atoms with Crippen LogP contribution in [-0.4, -0.2) is 6.61 Å². The van der Waals surface area contributed by atoms with Crippen molar-refractivity contribution in [2.24, 2.45) is 0 Å². The molecule has 0 aromatic heterocycles. The number of hydrogen-bond acceptors (Lipinski definition) is 1. The number of unbranched alkanes of at least 4 members (excludes halogenated alkanes) is 7. The molecule has 0 aromatic rings. The minimum absolute atomic E-state index is 0.821. The summed E-state index contributed by atoms with van der Waals surface area (Å²) in [4.78, 5) is 0. The Kier molecular flexibility index (Phi) is 14.3. The fourth-order valence-corrected chi connectivity index (χ4v) is 1.59. The van der Waals surface area contributed by atoms with Gasteiger partial charge >= 0.3 is 0 Å². The largest absolute Gasteiger partial charge is 0.502 e. The Bertz CT molecular complexity index is 185. The van der Waals surface area contributed by atoms with Crippen LogP contribution in [0.3, 0.4) is 0 Å². The molecule has 0 unspecified atom stereocenters. The molecule has 0 aliphatic carbocycles. The second-order valence-corrected chi connectivity index (χ2v) is 4.31. The van der Waals surface area contributed by atoms with Gasteiger partial charge in [0.2, 0.25) is 0 Å². The summed E-state index contributed by atoms with van der Waals surface area (Å²) < 4.78 is 5.40. The van der Waals surface area contributed by atoms with E-state index in [4.69, 9.17) is 4.74 Å². The summed E-state index contributed by atoms with van der Waals surface area (Å²) in [7, 11) is 0. The van der Waals surface area contributed by atoms with Gasteiger partial charge in [0, 0.05) is 0 Å². The van der Waals surface area contributed by atoms with Gasteiger partial charge in [0.25, 0.3) is 0 Å². The van der Waals surface area contributed by atoms with Crippen molar-refractivity contribution >= 4 is 0 Å². The van der Waals surface area contributed by atoms with Gasteiger partial charge in [-0.25, -0.2) is 0 Å². The first kappa shape index (κ1) is 16.1. The van der Waals surface area contributed by atoms with Gasteiger partial charge in [-0.1, -0.05) is 32.6 Å². The van der Waals surface area contributed by atoms with Crippen molar-refractivity contribution in [3.05, 3.63) is 24.7 Å². The predicted molar refractivity (Wildman–Crippen MR) is 72.1 cm³/mol. The van der Waals surface area contributed by atoms with Crippen molar-refractivity contribution in [3.8, 4) is 0 Å². The number of rotatable bonds is 12. The first-order valence-electron chi connectivity index (χ1n) is 6.95. The zero-order valence-electron chi connectivity index (χ0n) is 11.2. The highest BCUT2D eigenvalue weighted by molar-refractivity contribution is 4.73. The number of ether oxygens (including phenoxy) is 1. The smallest absolute Gasteiger partial charge is 0.138 e. The van der Waals surface area contributed by atoms with E-state index in [1.54, 1.807) is 6.08 Å². The molecule has 1 radical (unpaired) electrons. The maximum atomic E-state index is 10.0. The maximum absolute atomic E-state index is 10.0. The van der Waals surface area contributed by atoms with Gasteiger partial charge in [0.05, 0.1) is 12.9 Å². The Morgan fingerprint density at radius 1 is 0.882 bits per heavy atom. The van der Waals surface area contributed by atoms with Crippen LogP contribution < -0.4 is 0 Å². The van der Waals surface area contributed by atoms with Crippen LogP contribution in [0.1, 0.15) is 64.7 Å². The van der Waals surface area contributed by atoms with Gasteiger partial charge in [0.15, 0.2) is 0 Å². The quantitative estimate of drug-likeness (QED) is 0.348. The molecule has 0 atom stereocenters. The van der Waals surface area contributed by atoms with Crippen molar-refractivity contribution in [1.29, 1.82) is 0 Å². The number of allylic oxidation sites excluding steroid dienone is 2. The number of hydrogen-bond donors (Lipinski definition) is 0. The monoisotopic (exact) mass is 239 g/mol. The van der Waals surface area contributed by atoms with Gasteiger partial charge in [0.1, 0.15) is 6.26 Å². The van der Waals surface area contributed by atoms with Crippen LogP contribution in [0.5, 0.6) is 0 Å². The summed E-state index contributed by atoms with van der Waals surface area (Å²) in [5.41, 5.74) is 0. The summed E-state index contributed by atoms with van der Waals surface area (Å²) in [6, 6.07) is 0. The van der Waals surface area contributed by atoms with Gasteiger partial charge in [-0.2, -0.15) is 0 Å². The standard InChI is InChI=1S/C15H27O2/c1-2-3-4-8-11-14-17-15-12-9-6-5-7-10-13-16/h10-11,13-14H,2-9,12,15H2,1H3. The third kappa shape index (κ3) is 15.1. The van der Waals surface area contributed by atoms with Crippen LogP contribution in [0, 0.1) is 0 Å². The highest BCUT2D eigenvalue weighted by atomic mass is 16.5. The highest BCUT2D eigenvalue weighted by Gasteiger charge is 1.89. The molecule has 0 aliphatic heterocycles. The highest BCUT2D eigenvalue weighted by Crippen LogP contribution is 2.04. The Morgan fingerprint density at radius 3 is 2.35 bits per heavy atom. The predicted octanol–water partition coefficient (Wildman–Crippen LogP) is 4.99. The van der Waals surface area contributed by atoms with E-state index in [0.29, 0.717) is 0 Å². The molecule has 0 heterocycles. The van der Waals surface area contributed by atoms with Crippen molar-refractivity contribution in [2.75, 3.05) is 6.61 Å². The van der Waals surface area contributed by atoms with E-state index in [2.05, 4.69) is 13.0 Å². The minimum Gasteiger partial charge on any atom is -0.502 e. The summed E-state index contributed by atoms with van der Waals surface area (Å²) in [5.74, 6) is 0. The minimum atomic E-state index is 0.821. The van der Waals surface area contributed by atoms with E-state index in [1.807, 2.05) is 6.26 Å². The molecule has 0 rings (SSSR count). The van der Waals surface area contributed by atoms with Crippen molar-refractivity contribution in [1.82, 2.24) is 0 Å². The topological polar surface area (TPSA) is 29.1 Å². The molecule has 0 fully saturated rings. The Balaban J connectivity index is 3.02. The molecule has 0 bridgehead atoms. The van der Waals surface area contributed by atoms with Gasteiger partial charge < -0.3 is 4.74 Å². The van der Waals surface area contributed by atoms with Crippen LogP contribution in [0.2, 0.25) is 0 Å². The SMILES string of the molecule is CCCCCC=COCCCCCCC=C[O]. The molecular weight excluding hydrogens is 212 g/mol. The molecule has 2 heteroatoms. The molecule has 0 amide bonds. The third-order valence-electron chi connectivity index (χ3n) is 2.65. The van der Waals surface area contributed by atoms with E-state index in [0.717, 1.165) is 38.6 Å². The lowest BCUT2D eigenvalue weighted by molar-refractivity contribution is 0.239. The zero-order valence-corrected chi connectivity index (χ0v) is 11.2. The van der Waals surface area contributed by atoms with E-state index >= 15 is 0 Å². The molecule has 99 valence electrons. The lowest BCUT2D eigenvalue weighted by atomic mass is 10.1. The van der Waals surface area contributed by atoms with E-state index in [9.17, 15) is 5.11 Å². The van der Waals surface area contributed by atoms with E-state index < -0.39 is 0 Å². The second-order valence-electron chi connectivity index (χ2n) is 4.31. The van der Waals surface area contributed by atoms with Gasteiger partial charge in [-0.3, -0.25) is 5.11 Å². The molecule has 0 saturated carbocycles. The second kappa shape index (κ2) is 15.1. The normalized spacial score (nSPS) is 11.6. The lowest BCUT2D eigenvalue weighted by Crippen LogP contribution is -1.87. The van der Waals surface area contributed by atoms with E-state index in [-0.39, 0.29) is 0 Å². The van der Waals surface area contributed by atoms with Crippen LogP contribution in [-0.2, 0) is 9.84 Å². The summed E-state index contributed by atoms with van der Waals surface area (Å²) in [6.45, 7) is 3.04. The lowest BCUT2D eigenvalue weighted by Gasteiger charge is -2.00. The Hall–Kier alpha value is -0.920. The van der Waals surface area contributed by atoms with E-state index in [1.165, 1.54) is 32.1 Å². The summed E-state index contributed by atoms with van der Waals surface area (Å²) in [5, 5.41) is 10.0. The first-order chi connectivity index (χ1) is 8.41. The molecule has 0 spiro atoms. The van der Waals surface area contributed by atoms with Crippen LogP contribution in [0.4, 0.5) is 0 Å². The summed E-state index contributed by atoms with van der Waals surface area (Å²) >= 11 is 0. The Morgan fingerprint density at radius 2 is 1.59 bits per heavy atom. The molecule has 0 aromatic carbocycles. The fraction of sp³-hybridized carbons (Fsp3) is 0.733. The average molecular weight is 239 g/mol. The molecule has 0 saturated heterocycles.